The van der Waals surface area contributed by atoms with Gasteiger partial charge in [-0.1, -0.05) is 30.0 Å². The lowest BCUT2D eigenvalue weighted by molar-refractivity contribution is 0.354. The van der Waals surface area contributed by atoms with Gasteiger partial charge >= 0.3 is 0 Å². The van der Waals surface area contributed by atoms with Gasteiger partial charge in [-0.3, -0.25) is 0 Å². The second kappa shape index (κ2) is 6.24. The molecular formula is C12H11IN2O2S. The maximum absolute atomic E-state index is 5.24. The van der Waals surface area contributed by atoms with Crippen LogP contribution in [0.1, 0.15) is 0 Å². The molecule has 0 aliphatic carbocycles. The third-order valence-corrected chi connectivity index (χ3v) is 4.62. The molecule has 94 valence electrons. The fourth-order valence-corrected chi connectivity index (χ4v) is 3.14. The number of methoxy groups -OCH3 is 2. The van der Waals surface area contributed by atoms with Crippen molar-refractivity contribution in [3.8, 4) is 11.8 Å². The van der Waals surface area contributed by atoms with Crippen molar-refractivity contribution in [2.45, 2.75) is 9.79 Å². The molecule has 0 aliphatic heterocycles. The molecule has 4 nitrogen and oxygen atoms in total. The normalized spacial score (nSPS) is 10.2. The van der Waals surface area contributed by atoms with Crippen molar-refractivity contribution in [3.63, 3.8) is 0 Å². The molecule has 1 heterocycles. The third-order valence-electron chi connectivity index (χ3n) is 2.16. The number of nitrogens with zero attached hydrogens (tertiary/aromatic N) is 2. The van der Waals surface area contributed by atoms with Crippen LogP contribution < -0.4 is 9.47 Å². The van der Waals surface area contributed by atoms with E-state index in [2.05, 4.69) is 32.8 Å². The van der Waals surface area contributed by atoms with Crippen molar-refractivity contribution in [1.82, 2.24) is 10.2 Å². The molecular weight excluding hydrogens is 363 g/mol. The van der Waals surface area contributed by atoms with Crippen LogP contribution in [0.3, 0.4) is 0 Å². The van der Waals surface area contributed by atoms with Gasteiger partial charge in [0.1, 0.15) is 0 Å². The van der Waals surface area contributed by atoms with Gasteiger partial charge in [0.2, 0.25) is 11.8 Å². The minimum absolute atomic E-state index is 0.508. The maximum Gasteiger partial charge on any atom is 0.248 e. The van der Waals surface area contributed by atoms with E-state index in [0.29, 0.717) is 11.8 Å². The summed E-state index contributed by atoms with van der Waals surface area (Å²) in [4.78, 5) is 2.03. The molecule has 18 heavy (non-hydrogen) atoms. The Morgan fingerprint density at radius 3 is 2.22 bits per heavy atom. The maximum atomic E-state index is 5.24. The lowest BCUT2D eigenvalue weighted by Gasteiger charge is -2.10. The van der Waals surface area contributed by atoms with Crippen LogP contribution >= 0.6 is 34.4 Å². The minimum Gasteiger partial charge on any atom is -0.479 e. The van der Waals surface area contributed by atoms with Gasteiger partial charge in [0.25, 0.3) is 0 Å². The molecule has 0 unspecified atom stereocenters. The number of aromatic nitrogens is 2. The molecule has 0 atom stereocenters. The summed E-state index contributed by atoms with van der Waals surface area (Å²) in [7, 11) is 3.16. The van der Waals surface area contributed by atoms with Crippen molar-refractivity contribution >= 4 is 34.4 Å². The van der Waals surface area contributed by atoms with E-state index >= 15 is 0 Å². The first-order valence-electron chi connectivity index (χ1n) is 5.13. The molecule has 0 aliphatic rings. The number of hydrogen-bond donors (Lipinski definition) is 0. The number of rotatable bonds is 4. The van der Waals surface area contributed by atoms with E-state index in [0.717, 1.165) is 13.4 Å². The van der Waals surface area contributed by atoms with E-state index in [1.165, 1.54) is 0 Å². The minimum atomic E-state index is 0.508. The molecule has 0 saturated carbocycles. The number of benzene rings is 1. The van der Waals surface area contributed by atoms with Gasteiger partial charge in [0, 0.05) is 4.90 Å². The summed E-state index contributed by atoms with van der Waals surface area (Å²) < 4.78 is 11.3. The van der Waals surface area contributed by atoms with E-state index in [-0.39, 0.29) is 0 Å². The average molecular weight is 374 g/mol. The Bertz CT molecular complexity index is 537. The second-order valence-corrected chi connectivity index (χ2v) is 5.44. The molecule has 0 N–H and O–H groups in total. The van der Waals surface area contributed by atoms with Gasteiger partial charge in [0.15, 0.2) is 0 Å². The topological polar surface area (TPSA) is 44.2 Å². The average Bonchev–Trinajstić information content (AvgIpc) is 2.42. The fourth-order valence-electron chi connectivity index (χ4n) is 1.33. The Labute approximate surface area is 123 Å². The van der Waals surface area contributed by atoms with E-state index in [9.17, 15) is 0 Å². The standard InChI is InChI=1S/C12H11IN2O2S/c1-16-11-9(13)10(12(17-2)15-14-11)18-8-6-4-3-5-7-8/h3-7H,1-2H3. The Balaban J connectivity index is 2.42. The zero-order valence-electron chi connectivity index (χ0n) is 9.88. The van der Waals surface area contributed by atoms with Crippen molar-refractivity contribution in [2.75, 3.05) is 14.2 Å². The van der Waals surface area contributed by atoms with Crippen LogP contribution in [-0.2, 0) is 0 Å². The predicted molar refractivity (Wildman–Crippen MR) is 78.4 cm³/mol. The van der Waals surface area contributed by atoms with Crippen LogP contribution in [0, 0.1) is 3.57 Å². The quantitative estimate of drug-likeness (QED) is 0.769. The van der Waals surface area contributed by atoms with E-state index < -0.39 is 0 Å². The molecule has 0 amide bonds. The molecule has 6 heteroatoms. The highest BCUT2D eigenvalue weighted by Gasteiger charge is 2.16. The SMILES string of the molecule is COc1nnc(OC)c(Sc2ccccc2)c1I. The fraction of sp³-hybridized carbons (Fsp3) is 0.167. The molecule has 0 saturated heterocycles. The van der Waals surface area contributed by atoms with E-state index in [1.54, 1.807) is 26.0 Å². The zero-order chi connectivity index (χ0) is 13.0. The number of ether oxygens (including phenoxy) is 2. The summed E-state index contributed by atoms with van der Waals surface area (Å²) in [6.45, 7) is 0. The highest BCUT2D eigenvalue weighted by Crippen LogP contribution is 2.39. The Morgan fingerprint density at radius 2 is 1.61 bits per heavy atom. The van der Waals surface area contributed by atoms with Gasteiger partial charge in [-0.25, -0.2) is 0 Å². The molecule has 0 fully saturated rings. The third kappa shape index (κ3) is 2.86. The zero-order valence-corrected chi connectivity index (χ0v) is 12.9. The van der Waals surface area contributed by atoms with E-state index in [1.807, 2.05) is 30.3 Å². The van der Waals surface area contributed by atoms with Crippen molar-refractivity contribution < 1.29 is 9.47 Å². The smallest absolute Gasteiger partial charge is 0.248 e. The highest BCUT2D eigenvalue weighted by atomic mass is 127. The van der Waals surface area contributed by atoms with Crippen LogP contribution in [0.4, 0.5) is 0 Å². The predicted octanol–water partition coefficient (Wildman–Crippen LogP) is 3.25. The van der Waals surface area contributed by atoms with Gasteiger partial charge in [-0.05, 0) is 34.7 Å². The van der Waals surface area contributed by atoms with Gasteiger partial charge in [0.05, 0.1) is 22.7 Å². The first kappa shape index (κ1) is 13.4. The molecule has 0 spiro atoms. The Kier molecular flexibility index (Phi) is 4.65. The van der Waals surface area contributed by atoms with Gasteiger partial charge < -0.3 is 9.47 Å². The summed E-state index contributed by atoms with van der Waals surface area (Å²) in [6, 6.07) is 10.0. The van der Waals surface area contributed by atoms with Crippen LogP contribution in [0.2, 0.25) is 0 Å². The van der Waals surface area contributed by atoms with Crippen LogP contribution in [0.15, 0.2) is 40.1 Å². The lowest BCUT2D eigenvalue weighted by Crippen LogP contribution is -2.00. The van der Waals surface area contributed by atoms with Crippen LogP contribution in [0.25, 0.3) is 0 Å². The summed E-state index contributed by atoms with van der Waals surface area (Å²) in [5.74, 6) is 1.02. The van der Waals surface area contributed by atoms with Crippen LogP contribution in [0.5, 0.6) is 11.8 Å². The Morgan fingerprint density at radius 1 is 1.00 bits per heavy atom. The molecule has 0 radical (unpaired) electrons. The summed E-state index contributed by atoms with van der Waals surface area (Å²) >= 11 is 3.77. The summed E-state index contributed by atoms with van der Waals surface area (Å²) in [6.07, 6.45) is 0. The monoisotopic (exact) mass is 374 g/mol. The first-order valence-corrected chi connectivity index (χ1v) is 7.03. The van der Waals surface area contributed by atoms with E-state index in [4.69, 9.17) is 9.47 Å². The van der Waals surface area contributed by atoms with Crippen molar-refractivity contribution in [2.24, 2.45) is 0 Å². The van der Waals surface area contributed by atoms with Gasteiger partial charge in [-0.2, -0.15) is 0 Å². The highest BCUT2D eigenvalue weighted by molar-refractivity contribution is 14.1. The number of hydrogen-bond acceptors (Lipinski definition) is 5. The molecule has 1 aromatic heterocycles. The van der Waals surface area contributed by atoms with Gasteiger partial charge in [-0.15, -0.1) is 10.2 Å². The second-order valence-electron chi connectivity index (χ2n) is 3.28. The summed E-state index contributed by atoms with van der Waals surface area (Å²) in [5, 5.41) is 7.95. The Hall–Kier alpha value is -1.02. The largest absolute Gasteiger partial charge is 0.479 e. The molecule has 1 aromatic carbocycles. The summed E-state index contributed by atoms with van der Waals surface area (Å²) in [5.41, 5.74) is 0. The lowest BCUT2D eigenvalue weighted by atomic mass is 10.4. The number of halogens is 1. The van der Waals surface area contributed by atoms with Crippen molar-refractivity contribution in [3.05, 3.63) is 33.9 Å². The van der Waals surface area contributed by atoms with Crippen LogP contribution in [-0.4, -0.2) is 24.4 Å². The molecule has 0 bridgehead atoms. The van der Waals surface area contributed by atoms with Crippen molar-refractivity contribution in [1.29, 1.82) is 0 Å². The first-order chi connectivity index (χ1) is 8.76. The molecule has 2 rings (SSSR count). The molecule has 2 aromatic rings.